The highest BCUT2D eigenvalue weighted by Gasteiger charge is 2.34. The van der Waals surface area contributed by atoms with Crippen LogP contribution >= 0.6 is 0 Å². The van der Waals surface area contributed by atoms with E-state index in [2.05, 4.69) is 30.0 Å². The molecule has 1 N–H and O–H groups in total. The largest absolute Gasteiger partial charge is 0.364 e. The number of piperidine rings is 1. The Morgan fingerprint density at radius 1 is 1.11 bits per heavy atom. The van der Waals surface area contributed by atoms with Crippen molar-refractivity contribution in [2.45, 2.75) is 77.0 Å². The number of likely N-dealkylation sites (tertiary alicyclic amines) is 1. The molecule has 0 radical (unpaired) electrons. The number of carbonyl (C=O) groups excluding carboxylic acids is 1. The number of rotatable bonds is 8. The summed E-state index contributed by atoms with van der Waals surface area (Å²) in [6.07, 6.45) is 6.77. The molecule has 6 heteroatoms. The second-order valence-electron chi connectivity index (χ2n) is 10.2. The fourth-order valence-electron chi connectivity index (χ4n) is 5.64. The van der Waals surface area contributed by atoms with Gasteiger partial charge in [-0.15, -0.1) is 0 Å². The molecule has 2 aromatic carbocycles. The molecule has 2 atom stereocenters. The third-order valence-electron chi connectivity index (χ3n) is 7.62. The average molecular weight is 488 g/mol. The third-order valence-corrected chi connectivity index (χ3v) is 7.62. The molecule has 190 valence electrons. The van der Waals surface area contributed by atoms with Crippen LogP contribution in [0.2, 0.25) is 0 Å². The standard InChI is InChI=1S/C30H37N3O3/c1-4-9-25-13-5-6-17-32(25)29(34)24-12-7-10-22(18-24)23-11-8-14-26(19-23)33-28(21-15-16-21)27(20(2)31-33)30(35)36-3/h7-8,10-12,14,18-19,21,25,30,35H,4-6,9,13,15-17H2,1-3H3/t25-,30?/m1/s1. The van der Waals surface area contributed by atoms with Crippen LogP contribution in [0.3, 0.4) is 0 Å². The Kier molecular flexibility index (Phi) is 7.26. The molecule has 1 saturated heterocycles. The molecule has 5 rings (SSSR count). The molecule has 1 saturated carbocycles. The highest BCUT2D eigenvalue weighted by molar-refractivity contribution is 5.95. The number of aryl methyl sites for hydroxylation is 1. The molecular formula is C30H37N3O3. The zero-order chi connectivity index (χ0) is 25.2. The zero-order valence-electron chi connectivity index (χ0n) is 21.6. The Bertz CT molecular complexity index is 1230. The van der Waals surface area contributed by atoms with Crippen LogP contribution in [0.25, 0.3) is 16.8 Å². The van der Waals surface area contributed by atoms with E-state index < -0.39 is 6.29 Å². The van der Waals surface area contributed by atoms with Crippen LogP contribution < -0.4 is 0 Å². The number of carbonyl (C=O) groups is 1. The van der Waals surface area contributed by atoms with Crippen molar-refractivity contribution in [3.05, 3.63) is 71.0 Å². The molecule has 36 heavy (non-hydrogen) atoms. The number of benzene rings is 2. The first-order valence-corrected chi connectivity index (χ1v) is 13.3. The number of aliphatic hydroxyl groups excluding tert-OH is 1. The number of methoxy groups -OCH3 is 1. The van der Waals surface area contributed by atoms with Gasteiger partial charge in [-0.1, -0.05) is 37.6 Å². The van der Waals surface area contributed by atoms with Gasteiger partial charge in [-0.2, -0.15) is 5.10 Å². The Labute approximate surface area is 213 Å². The molecule has 6 nitrogen and oxygen atoms in total. The molecule has 0 bridgehead atoms. The van der Waals surface area contributed by atoms with E-state index in [1.165, 1.54) is 13.5 Å². The van der Waals surface area contributed by atoms with Crippen LogP contribution in [0.5, 0.6) is 0 Å². The molecule has 3 aromatic rings. The maximum Gasteiger partial charge on any atom is 0.254 e. The first-order valence-electron chi connectivity index (χ1n) is 13.3. The molecule has 0 spiro atoms. The third kappa shape index (κ3) is 4.84. The van der Waals surface area contributed by atoms with Crippen molar-refractivity contribution in [2.75, 3.05) is 13.7 Å². The lowest BCUT2D eigenvalue weighted by Crippen LogP contribution is -2.43. The summed E-state index contributed by atoms with van der Waals surface area (Å²) in [5, 5.41) is 15.3. The molecule has 2 fully saturated rings. The Hall–Kier alpha value is -2.96. The smallest absolute Gasteiger partial charge is 0.254 e. The molecule has 2 aliphatic rings. The number of amides is 1. The van der Waals surface area contributed by atoms with Crippen LogP contribution in [0.4, 0.5) is 0 Å². The van der Waals surface area contributed by atoms with Crippen LogP contribution in [-0.4, -0.2) is 45.4 Å². The molecule has 1 amide bonds. The number of aromatic nitrogens is 2. The fraction of sp³-hybridized carbons (Fsp3) is 0.467. The molecule has 1 unspecified atom stereocenters. The van der Waals surface area contributed by atoms with Crippen molar-refractivity contribution < 1.29 is 14.6 Å². The molecule has 2 heterocycles. The van der Waals surface area contributed by atoms with E-state index in [0.717, 1.165) is 84.4 Å². The summed E-state index contributed by atoms with van der Waals surface area (Å²) in [5.74, 6) is 0.527. The molecule has 1 aliphatic carbocycles. The molecular weight excluding hydrogens is 450 g/mol. The fourth-order valence-corrected chi connectivity index (χ4v) is 5.64. The summed E-state index contributed by atoms with van der Waals surface area (Å²) in [5.41, 5.74) is 6.35. The predicted molar refractivity (Wildman–Crippen MR) is 141 cm³/mol. The van der Waals surface area contributed by atoms with E-state index in [1.54, 1.807) is 0 Å². The summed E-state index contributed by atoms with van der Waals surface area (Å²) >= 11 is 0. The van der Waals surface area contributed by atoms with E-state index in [9.17, 15) is 9.90 Å². The SMILES string of the molecule is CCC[C@@H]1CCCCN1C(=O)c1cccc(-c2cccc(-n3nc(C)c(C(O)OC)c3C3CC3)c2)c1. The zero-order valence-corrected chi connectivity index (χ0v) is 21.6. The second-order valence-corrected chi connectivity index (χ2v) is 10.2. The minimum absolute atomic E-state index is 0.142. The van der Waals surface area contributed by atoms with Crippen molar-refractivity contribution in [1.82, 2.24) is 14.7 Å². The van der Waals surface area contributed by atoms with Crippen molar-refractivity contribution in [3.8, 4) is 16.8 Å². The van der Waals surface area contributed by atoms with Crippen molar-refractivity contribution >= 4 is 5.91 Å². The van der Waals surface area contributed by atoms with Gasteiger partial charge in [-0.25, -0.2) is 4.68 Å². The van der Waals surface area contributed by atoms with E-state index in [4.69, 9.17) is 9.84 Å². The highest BCUT2D eigenvalue weighted by Crippen LogP contribution is 2.45. The van der Waals surface area contributed by atoms with Gasteiger partial charge in [0.1, 0.15) is 0 Å². The van der Waals surface area contributed by atoms with Gasteiger partial charge in [0.25, 0.3) is 5.91 Å². The summed E-state index contributed by atoms with van der Waals surface area (Å²) in [6.45, 7) is 4.96. The lowest BCUT2D eigenvalue weighted by Gasteiger charge is -2.36. The normalized spacial score (nSPS) is 18.9. The average Bonchev–Trinajstić information content (AvgIpc) is 3.70. The quantitative estimate of drug-likeness (QED) is 0.387. The van der Waals surface area contributed by atoms with Gasteiger partial charge in [-0.05, 0) is 80.8 Å². The Morgan fingerprint density at radius 3 is 2.58 bits per heavy atom. The Balaban J connectivity index is 1.47. The maximum absolute atomic E-state index is 13.5. The van der Waals surface area contributed by atoms with Gasteiger partial charge in [0.2, 0.25) is 0 Å². The number of nitrogens with zero attached hydrogens (tertiary/aromatic N) is 3. The maximum atomic E-state index is 13.5. The minimum atomic E-state index is -0.980. The van der Waals surface area contributed by atoms with Gasteiger partial charge in [0, 0.05) is 31.2 Å². The van der Waals surface area contributed by atoms with Gasteiger partial charge in [0.15, 0.2) is 6.29 Å². The van der Waals surface area contributed by atoms with Crippen molar-refractivity contribution in [3.63, 3.8) is 0 Å². The summed E-state index contributed by atoms with van der Waals surface area (Å²) in [7, 11) is 1.52. The van der Waals surface area contributed by atoms with Crippen molar-refractivity contribution in [1.29, 1.82) is 0 Å². The van der Waals surface area contributed by atoms with Crippen LogP contribution in [0.15, 0.2) is 48.5 Å². The summed E-state index contributed by atoms with van der Waals surface area (Å²) in [6, 6.07) is 16.6. The highest BCUT2D eigenvalue weighted by atomic mass is 16.6. The van der Waals surface area contributed by atoms with E-state index >= 15 is 0 Å². The van der Waals surface area contributed by atoms with Gasteiger partial charge in [-0.3, -0.25) is 4.79 Å². The predicted octanol–water partition coefficient (Wildman–Crippen LogP) is 6.16. The van der Waals surface area contributed by atoms with Gasteiger partial charge in [0.05, 0.1) is 22.6 Å². The van der Waals surface area contributed by atoms with E-state index in [1.807, 2.05) is 41.9 Å². The van der Waals surface area contributed by atoms with Crippen LogP contribution in [-0.2, 0) is 4.74 Å². The second kappa shape index (κ2) is 10.6. The van der Waals surface area contributed by atoms with Crippen LogP contribution in [0, 0.1) is 6.92 Å². The van der Waals surface area contributed by atoms with E-state index in [0.29, 0.717) is 12.0 Å². The first kappa shape index (κ1) is 24.7. The lowest BCUT2D eigenvalue weighted by molar-refractivity contribution is -0.0779. The Morgan fingerprint density at radius 2 is 1.86 bits per heavy atom. The lowest BCUT2D eigenvalue weighted by atomic mass is 9.96. The van der Waals surface area contributed by atoms with Gasteiger partial charge >= 0.3 is 0 Å². The number of aliphatic hydroxyl groups is 1. The number of hydrogen-bond donors (Lipinski definition) is 1. The van der Waals surface area contributed by atoms with Crippen molar-refractivity contribution in [2.24, 2.45) is 0 Å². The molecule has 1 aliphatic heterocycles. The van der Waals surface area contributed by atoms with Crippen LogP contribution in [0.1, 0.15) is 91.4 Å². The summed E-state index contributed by atoms with van der Waals surface area (Å²) in [4.78, 5) is 15.6. The number of ether oxygens (including phenoxy) is 1. The van der Waals surface area contributed by atoms with Gasteiger partial charge < -0.3 is 14.7 Å². The number of hydrogen-bond acceptors (Lipinski definition) is 4. The summed E-state index contributed by atoms with van der Waals surface area (Å²) < 4.78 is 7.22. The minimum Gasteiger partial charge on any atom is -0.364 e. The first-order chi connectivity index (χ1) is 17.5. The topological polar surface area (TPSA) is 67.6 Å². The monoisotopic (exact) mass is 487 g/mol. The molecule has 1 aromatic heterocycles. The van der Waals surface area contributed by atoms with E-state index in [-0.39, 0.29) is 5.91 Å².